The van der Waals surface area contributed by atoms with Gasteiger partial charge in [-0.15, -0.1) is 0 Å². The monoisotopic (exact) mass is 1030 g/mol. The average molecular weight is 1030 g/mol. The van der Waals surface area contributed by atoms with Gasteiger partial charge < -0.3 is 19.3 Å². The van der Waals surface area contributed by atoms with Crippen LogP contribution in [0.2, 0.25) is 0 Å². The van der Waals surface area contributed by atoms with Gasteiger partial charge >= 0.3 is 11.9 Å². The number of rotatable bonds is 14. The van der Waals surface area contributed by atoms with Gasteiger partial charge in [-0.2, -0.15) is 0 Å². The van der Waals surface area contributed by atoms with Gasteiger partial charge in [0.2, 0.25) is 0 Å². The Kier molecular flexibility index (Phi) is 14.5. The number of hydrogen-bond donors (Lipinski definition) is 1. The van der Waals surface area contributed by atoms with E-state index in [-0.39, 0.29) is 36.7 Å². The first kappa shape index (κ1) is 36.0. The van der Waals surface area contributed by atoms with Gasteiger partial charge in [0, 0.05) is 18.4 Å². The van der Waals surface area contributed by atoms with Gasteiger partial charge in [0.15, 0.2) is 5.75 Å². The molecule has 1 N–H and O–H groups in total. The van der Waals surface area contributed by atoms with Crippen LogP contribution < -0.4 is 4.74 Å². The van der Waals surface area contributed by atoms with E-state index in [4.69, 9.17) is 14.2 Å². The molecule has 0 aromatic heterocycles. The fraction of sp³-hybridized carbons (Fsp3) is 0.281. The van der Waals surface area contributed by atoms with Gasteiger partial charge in [0.1, 0.15) is 30.5 Å². The summed E-state index contributed by atoms with van der Waals surface area (Å²) in [6.07, 6.45) is 1.23. The van der Waals surface area contributed by atoms with Crippen LogP contribution in [0.15, 0.2) is 60.7 Å². The van der Waals surface area contributed by atoms with Crippen LogP contribution in [0.1, 0.15) is 36.5 Å². The molecule has 0 bridgehead atoms. The number of phenols is 1. The number of aryl methyl sites for hydroxylation is 2. The van der Waals surface area contributed by atoms with Gasteiger partial charge in [-0.1, -0.05) is 36.4 Å². The first-order valence-corrected chi connectivity index (χ1v) is 17.6. The van der Waals surface area contributed by atoms with E-state index in [0.29, 0.717) is 37.9 Å². The molecule has 7 nitrogen and oxygen atoms in total. The van der Waals surface area contributed by atoms with E-state index in [9.17, 15) is 19.5 Å². The molecule has 0 aliphatic heterocycles. The molecule has 0 aliphatic rings. The number of ketones is 1. The Morgan fingerprint density at radius 2 is 1.44 bits per heavy atom. The second-order valence-corrected chi connectivity index (χ2v) is 14.6. The molecule has 0 unspecified atom stereocenters. The van der Waals surface area contributed by atoms with Crippen molar-refractivity contribution < 1.29 is 33.7 Å². The normalized spacial score (nSPS) is 11.5. The smallest absolute Gasteiger partial charge is 0.333 e. The van der Waals surface area contributed by atoms with Crippen molar-refractivity contribution in [1.82, 2.24) is 0 Å². The molecule has 0 spiro atoms. The third-order valence-electron chi connectivity index (χ3n) is 6.28. The highest BCUT2D eigenvalue weighted by molar-refractivity contribution is 14.1. The summed E-state index contributed by atoms with van der Waals surface area (Å²) in [6.45, 7) is 6.88. The standard InChI is InChI=1S/C32H30I4O7/c1-18(2)31(39)41-10-11-42-32(40)22(15-23(37)9-8-20-6-4-19(3)5-7-20)12-21-13-27(35)30(28(36)14-21)43-24-16-25(33)29(38)26(34)17-24/h4-7,13-14,16-17,22,38H,1,8-12,15H2,2-3H3/t22-/m1/s1. The van der Waals surface area contributed by atoms with Gasteiger partial charge in [-0.05, 0) is 152 Å². The maximum Gasteiger partial charge on any atom is 0.333 e. The molecule has 3 aromatic carbocycles. The van der Waals surface area contributed by atoms with Crippen molar-refractivity contribution in [2.75, 3.05) is 13.2 Å². The van der Waals surface area contributed by atoms with Crippen molar-refractivity contribution in [2.24, 2.45) is 5.92 Å². The lowest BCUT2D eigenvalue weighted by Gasteiger charge is -2.18. The van der Waals surface area contributed by atoms with E-state index in [0.717, 1.165) is 23.8 Å². The van der Waals surface area contributed by atoms with Crippen LogP contribution in [-0.2, 0) is 36.7 Å². The van der Waals surface area contributed by atoms with Crippen molar-refractivity contribution >= 4 is 108 Å². The first-order chi connectivity index (χ1) is 20.3. The SMILES string of the molecule is C=C(C)C(=O)OCCOC(=O)[C@@H](CC(=O)CCc1ccc(C)cc1)Cc1cc(I)c(Oc2cc(I)c(O)c(I)c2)c(I)c1. The van der Waals surface area contributed by atoms with Crippen molar-refractivity contribution in [3.63, 3.8) is 0 Å². The number of ether oxygens (including phenoxy) is 3. The quantitative estimate of drug-likeness (QED) is 0.0751. The molecule has 0 saturated carbocycles. The highest BCUT2D eigenvalue weighted by Crippen LogP contribution is 2.37. The molecule has 11 heteroatoms. The molecule has 43 heavy (non-hydrogen) atoms. The summed E-state index contributed by atoms with van der Waals surface area (Å²) >= 11 is 8.50. The molecule has 228 valence electrons. The Hall–Kier alpha value is -1.47. The molecule has 3 aromatic rings. The fourth-order valence-electron chi connectivity index (χ4n) is 4.00. The van der Waals surface area contributed by atoms with Crippen molar-refractivity contribution in [2.45, 2.75) is 39.5 Å². The van der Waals surface area contributed by atoms with Crippen molar-refractivity contribution in [1.29, 1.82) is 0 Å². The molecular weight excluding hydrogens is 1000 g/mol. The molecule has 0 amide bonds. The van der Waals surface area contributed by atoms with Crippen LogP contribution in [0.4, 0.5) is 0 Å². The summed E-state index contributed by atoms with van der Waals surface area (Å²) in [4.78, 5) is 37.8. The lowest BCUT2D eigenvalue weighted by molar-refractivity contribution is -0.154. The van der Waals surface area contributed by atoms with Gasteiger partial charge in [-0.25, -0.2) is 4.79 Å². The van der Waals surface area contributed by atoms with Crippen LogP contribution in [0.3, 0.4) is 0 Å². The zero-order valence-electron chi connectivity index (χ0n) is 23.6. The topological polar surface area (TPSA) is 99.1 Å². The molecule has 0 fully saturated rings. The van der Waals surface area contributed by atoms with Gasteiger partial charge in [0.25, 0.3) is 0 Å². The second kappa shape index (κ2) is 17.3. The Labute approximate surface area is 306 Å². The number of benzene rings is 3. The lowest BCUT2D eigenvalue weighted by atomic mass is 9.92. The summed E-state index contributed by atoms with van der Waals surface area (Å²) in [6, 6.07) is 15.4. The number of esters is 2. The number of aromatic hydroxyl groups is 1. The molecule has 1 atom stereocenters. The molecule has 0 heterocycles. The highest BCUT2D eigenvalue weighted by atomic mass is 127. The van der Waals surface area contributed by atoms with Crippen LogP contribution in [-0.4, -0.2) is 36.0 Å². The number of carbonyl (C=O) groups excluding carboxylic acids is 3. The van der Waals surface area contributed by atoms with E-state index in [1.54, 1.807) is 12.1 Å². The summed E-state index contributed by atoms with van der Waals surface area (Å²) in [5.74, 6) is -0.333. The van der Waals surface area contributed by atoms with Crippen LogP contribution in [0.5, 0.6) is 17.2 Å². The van der Waals surface area contributed by atoms with Crippen LogP contribution in [0.25, 0.3) is 0 Å². The van der Waals surface area contributed by atoms with E-state index >= 15 is 0 Å². The third-order valence-corrected chi connectivity index (χ3v) is 9.53. The van der Waals surface area contributed by atoms with Crippen LogP contribution >= 0.6 is 90.4 Å². The van der Waals surface area contributed by atoms with Gasteiger partial charge in [-0.3, -0.25) is 9.59 Å². The molecule has 0 aliphatic carbocycles. The Morgan fingerprint density at radius 1 is 0.860 bits per heavy atom. The van der Waals surface area contributed by atoms with E-state index < -0.39 is 17.9 Å². The van der Waals surface area contributed by atoms with Gasteiger partial charge in [0.05, 0.1) is 20.2 Å². The number of Topliss-reactive ketones (excluding diaryl/α,β-unsaturated/α-hetero) is 1. The number of phenolic OH excluding ortho intramolecular Hbond substituents is 1. The lowest BCUT2D eigenvalue weighted by Crippen LogP contribution is -2.25. The maximum absolute atomic E-state index is 13.2. The Bertz CT molecular complexity index is 1460. The maximum atomic E-state index is 13.2. The Balaban J connectivity index is 1.74. The fourth-order valence-corrected chi connectivity index (χ4v) is 7.83. The van der Waals surface area contributed by atoms with E-state index in [1.165, 1.54) is 6.92 Å². The predicted octanol–water partition coefficient (Wildman–Crippen LogP) is 8.32. The minimum Gasteiger partial charge on any atom is -0.506 e. The molecule has 3 rings (SSSR count). The predicted molar refractivity (Wildman–Crippen MR) is 199 cm³/mol. The van der Waals surface area contributed by atoms with Crippen molar-refractivity contribution in [3.8, 4) is 17.2 Å². The summed E-state index contributed by atoms with van der Waals surface area (Å²) in [5.41, 5.74) is 3.34. The number of carbonyl (C=O) groups is 3. The molecule has 0 saturated heterocycles. The van der Waals surface area contributed by atoms with Crippen LogP contribution in [0, 0.1) is 27.1 Å². The largest absolute Gasteiger partial charge is 0.506 e. The minimum atomic E-state index is -0.707. The van der Waals surface area contributed by atoms with Crippen molar-refractivity contribution in [3.05, 3.63) is 91.7 Å². The number of halogens is 4. The van der Waals surface area contributed by atoms with E-state index in [1.807, 2.05) is 43.3 Å². The number of hydrogen-bond acceptors (Lipinski definition) is 7. The summed E-state index contributed by atoms with van der Waals surface area (Å²) in [7, 11) is 0. The zero-order valence-corrected chi connectivity index (χ0v) is 32.2. The second-order valence-electron chi connectivity index (χ2n) is 9.94. The molecule has 0 radical (unpaired) electrons. The Morgan fingerprint density at radius 3 is 2.02 bits per heavy atom. The molecular formula is C32H30I4O7. The average Bonchev–Trinajstić information content (AvgIpc) is 2.95. The zero-order chi connectivity index (χ0) is 31.7. The third kappa shape index (κ3) is 11.4. The summed E-state index contributed by atoms with van der Waals surface area (Å²) < 4.78 is 19.7. The summed E-state index contributed by atoms with van der Waals surface area (Å²) in [5, 5.41) is 10.1. The highest BCUT2D eigenvalue weighted by Gasteiger charge is 2.25. The first-order valence-electron chi connectivity index (χ1n) is 13.2. The van der Waals surface area contributed by atoms with E-state index in [2.05, 4.69) is 96.9 Å². The minimum absolute atomic E-state index is 0.0304.